The van der Waals surface area contributed by atoms with E-state index >= 15 is 0 Å². The van der Waals surface area contributed by atoms with Gasteiger partial charge in [-0.3, -0.25) is 9.59 Å². The number of halogens is 1. The van der Waals surface area contributed by atoms with Crippen molar-refractivity contribution in [2.75, 3.05) is 11.9 Å². The third-order valence-electron chi connectivity index (χ3n) is 4.53. The summed E-state index contributed by atoms with van der Waals surface area (Å²) in [5.74, 6) is -0.965. The maximum Gasteiger partial charge on any atom is 0.254 e. The average Bonchev–Trinajstić information content (AvgIpc) is 3.06. The van der Waals surface area contributed by atoms with Crippen LogP contribution in [0.4, 0.5) is 10.1 Å². The Morgan fingerprint density at radius 3 is 2.68 bits per heavy atom. The van der Waals surface area contributed by atoms with Crippen LogP contribution in [0.5, 0.6) is 0 Å². The molecular weight excluding hydrogens is 319 g/mol. The molecule has 2 aromatic carbocycles. The number of hydrogen-bond acceptors (Lipinski definition) is 2. The highest BCUT2D eigenvalue weighted by molar-refractivity contribution is 6.01. The lowest BCUT2D eigenvalue weighted by atomic mass is 10.1. The molecule has 1 aliphatic heterocycles. The average molecular weight is 340 g/mol. The third-order valence-corrected chi connectivity index (χ3v) is 4.53. The molecule has 0 bridgehead atoms. The van der Waals surface area contributed by atoms with E-state index in [4.69, 9.17) is 0 Å². The Balaban J connectivity index is 1.76. The van der Waals surface area contributed by atoms with E-state index < -0.39 is 11.9 Å². The molecule has 2 aromatic rings. The van der Waals surface area contributed by atoms with Gasteiger partial charge in [-0.2, -0.15) is 0 Å². The first kappa shape index (κ1) is 17.1. The maximum atomic E-state index is 13.4. The number of nitrogens with zero attached hydrogens (tertiary/aromatic N) is 1. The van der Waals surface area contributed by atoms with Crippen LogP contribution in [0.15, 0.2) is 42.5 Å². The van der Waals surface area contributed by atoms with Crippen molar-refractivity contribution in [2.24, 2.45) is 0 Å². The van der Waals surface area contributed by atoms with Crippen molar-refractivity contribution >= 4 is 17.5 Å². The smallest absolute Gasteiger partial charge is 0.254 e. The monoisotopic (exact) mass is 340 g/mol. The molecule has 25 heavy (non-hydrogen) atoms. The Morgan fingerprint density at radius 2 is 1.96 bits per heavy atom. The van der Waals surface area contributed by atoms with E-state index in [2.05, 4.69) is 5.32 Å². The highest BCUT2D eigenvalue weighted by atomic mass is 19.1. The second-order valence-electron chi connectivity index (χ2n) is 6.47. The number of rotatable bonds is 3. The first-order valence-electron chi connectivity index (χ1n) is 8.40. The summed E-state index contributed by atoms with van der Waals surface area (Å²) in [6, 6.07) is 10.9. The first-order chi connectivity index (χ1) is 12.0. The molecule has 0 aliphatic carbocycles. The molecule has 2 amide bonds. The number of anilines is 1. The maximum absolute atomic E-state index is 13.4. The van der Waals surface area contributed by atoms with E-state index in [9.17, 15) is 14.0 Å². The van der Waals surface area contributed by atoms with Crippen LogP contribution in [-0.2, 0) is 4.79 Å². The van der Waals surface area contributed by atoms with Gasteiger partial charge in [0.1, 0.15) is 11.9 Å². The van der Waals surface area contributed by atoms with E-state index in [1.807, 2.05) is 32.0 Å². The van der Waals surface area contributed by atoms with Gasteiger partial charge in [-0.25, -0.2) is 4.39 Å². The van der Waals surface area contributed by atoms with Crippen LogP contribution < -0.4 is 5.32 Å². The van der Waals surface area contributed by atoms with Gasteiger partial charge in [-0.1, -0.05) is 23.8 Å². The fraction of sp³-hybridized carbons (Fsp3) is 0.300. The highest BCUT2D eigenvalue weighted by Gasteiger charge is 2.34. The number of aryl methyl sites for hydroxylation is 2. The number of nitrogens with one attached hydrogen (secondary N) is 1. The molecule has 0 radical (unpaired) electrons. The minimum Gasteiger partial charge on any atom is -0.327 e. The van der Waals surface area contributed by atoms with Gasteiger partial charge in [0.15, 0.2) is 0 Å². The fourth-order valence-electron chi connectivity index (χ4n) is 3.24. The summed E-state index contributed by atoms with van der Waals surface area (Å²) in [5, 5.41) is 2.92. The zero-order chi connectivity index (χ0) is 18.0. The summed E-state index contributed by atoms with van der Waals surface area (Å²) in [7, 11) is 0. The molecule has 1 aliphatic rings. The molecule has 0 saturated carbocycles. The molecule has 0 aromatic heterocycles. The van der Waals surface area contributed by atoms with Gasteiger partial charge in [0.25, 0.3) is 5.91 Å². The Morgan fingerprint density at radius 1 is 1.16 bits per heavy atom. The standard InChI is InChI=1S/C20H21FN2O2/c1-13-8-9-17(14(2)11-13)22-19(24)18-7-4-10-23(18)20(25)15-5-3-6-16(21)12-15/h3,5-6,8-9,11-12,18H,4,7,10H2,1-2H3,(H,22,24). The number of hydrogen-bond donors (Lipinski definition) is 1. The van der Waals surface area contributed by atoms with Crippen LogP contribution >= 0.6 is 0 Å². The van der Waals surface area contributed by atoms with Crippen molar-refractivity contribution in [3.05, 3.63) is 65.0 Å². The van der Waals surface area contributed by atoms with Crippen molar-refractivity contribution < 1.29 is 14.0 Å². The molecule has 1 fully saturated rings. The quantitative estimate of drug-likeness (QED) is 0.926. The van der Waals surface area contributed by atoms with Crippen LogP contribution in [0.3, 0.4) is 0 Å². The Labute approximate surface area is 146 Å². The molecule has 1 saturated heterocycles. The second kappa shape index (κ2) is 7.05. The van der Waals surface area contributed by atoms with E-state index in [1.54, 1.807) is 6.07 Å². The molecule has 4 nitrogen and oxygen atoms in total. The zero-order valence-corrected chi connectivity index (χ0v) is 14.4. The molecular formula is C20H21FN2O2. The van der Waals surface area contributed by atoms with Crippen LogP contribution in [0.25, 0.3) is 0 Å². The van der Waals surface area contributed by atoms with Gasteiger partial charge in [0, 0.05) is 17.8 Å². The van der Waals surface area contributed by atoms with Gasteiger partial charge >= 0.3 is 0 Å². The zero-order valence-electron chi connectivity index (χ0n) is 14.4. The minimum atomic E-state index is -0.531. The van der Waals surface area contributed by atoms with Gasteiger partial charge in [0.05, 0.1) is 0 Å². The largest absolute Gasteiger partial charge is 0.327 e. The van der Waals surface area contributed by atoms with Crippen LogP contribution in [0, 0.1) is 19.7 Å². The van der Waals surface area contributed by atoms with Crippen LogP contribution in [0.2, 0.25) is 0 Å². The lowest BCUT2D eigenvalue weighted by Crippen LogP contribution is -2.43. The summed E-state index contributed by atoms with van der Waals surface area (Å²) in [4.78, 5) is 26.9. The molecule has 3 rings (SSSR count). The fourth-order valence-corrected chi connectivity index (χ4v) is 3.24. The normalized spacial score (nSPS) is 16.8. The lowest BCUT2D eigenvalue weighted by Gasteiger charge is -2.24. The highest BCUT2D eigenvalue weighted by Crippen LogP contribution is 2.23. The van der Waals surface area contributed by atoms with Gasteiger partial charge in [-0.15, -0.1) is 0 Å². The molecule has 1 unspecified atom stereocenters. The van der Waals surface area contributed by atoms with E-state index in [0.717, 1.165) is 23.2 Å². The summed E-state index contributed by atoms with van der Waals surface area (Å²) in [6.45, 7) is 4.43. The van der Waals surface area contributed by atoms with Crippen molar-refractivity contribution in [1.29, 1.82) is 0 Å². The van der Waals surface area contributed by atoms with Crippen LogP contribution in [0.1, 0.15) is 34.3 Å². The SMILES string of the molecule is Cc1ccc(NC(=O)C2CCCN2C(=O)c2cccc(F)c2)c(C)c1. The van der Waals surface area contributed by atoms with Crippen molar-refractivity contribution in [1.82, 2.24) is 4.90 Å². The summed E-state index contributed by atoms with van der Waals surface area (Å²) >= 11 is 0. The van der Waals surface area contributed by atoms with Crippen molar-refractivity contribution in [3.8, 4) is 0 Å². The molecule has 1 N–H and O–H groups in total. The predicted molar refractivity (Wildman–Crippen MR) is 95.0 cm³/mol. The van der Waals surface area contributed by atoms with Gasteiger partial charge in [-0.05, 0) is 56.5 Å². The Hall–Kier alpha value is -2.69. The predicted octanol–water partition coefficient (Wildman–Crippen LogP) is 3.69. The number of likely N-dealkylation sites (tertiary alicyclic amines) is 1. The number of carbonyl (C=O) groups is 2. The molecule has 0 spiro atoms. The number of amides is 2. The van der Waals surface area contributed by atoms with Crippen LogP contribution in [-0.4, -0.2) is 29.3 Å². The molecule has 1 heterocycles. The van der Waals surface area contributed by atoms with E-state index in [0.29, 0.717) is 13.0 Å². The second-order valence-corrected chi connectivity index (χ2v) is 6.47. The van der Waals surface area contributed by atoms with Crippen molar-refractivity contribution in [3.63, 3.8) is 0 Å². The van der Waals surface area contributed by atoms with E-state index in [-0.39, 0.29) is 17.4 Å². The Kier molecular flexibility index (Phi) is 4.83. The van der Waals surface area contributed by atoms with E-state index in [1.165, 1.54) is 23.1 Å². The Bertz CT molecular complexity index is 819. The molecule has 130 valence electrons. The molecule has 5 heteroatoms. The third kappa shape index (κ3) is 3.71. The number of benzene rings is 2. The lowest BCUT2D eigenvalue weighted by molar-refractivity contribution is -0.119. The topological polar surface area (TPSA) is 49.4 Å². The molecule has 1 atom stereocenters. The van der Waals surface area contributed by atoms with Crippen molar-refractivity contribution in [2.45, 2.75) is 32.7 Å². The summed E-state index contributed by atoms with van der Waals surface area (Å²) in [6.07, 6.45) is 1.36. The van der Waals surface area contributed by atoms with Gasteiger partial charge < -0.3 is 10.2 Å². The van der Waals surface area contributed by atoms with Gasteiger partial charge in [0.2, 0.25) is 5.91 Å². The summed E-state index contributed by atoms with van der Waals surface area (Å²) in [5.41, 5.74) is 3.13. The number of carbonyl (C=O) groups excluding carboxylic acids is 2. The summed E-state index contributed by atoms with van der Waals surface area (Å²) < 4.78 is 13.4. The minimum absolute atomic E-state index is 0.200. The first-order valence-corrected chi connectivity index (χ1v) is 8.40.